The third-order valence-corrected chi connectivity index (χ3v) is 4.56. The van der Waals surface area contributed by atoms with Gasteiger partial charge in [0.15, 0.2) is 9.84 Å². The molecule has 0 bridgehead atoms. The van der Waals surface area contributed by atoms with E-state index in [0.717, 1.165) is 18.7 Å². The Hall–Kier alpha value is -1.80. The highest BCUT2D eigenvalue weighted by atomic mass is 32.2. The lowest BCUT2D eigenvalue weighted by Gasteiger charge is -2.33. The molecule has 1 unspecified atom stereocenters. The second-order valence-electron chi connectivity index (χ2n) is 5.09. The van der Waals surface area contributed by atoms with Crippen molar-refractivity contribution in [2.45, 2.75) is 23.8 Å². The Morgan fingerprint density at radius 1 is 1.43 bits per heavy atom. The van der Waals surface area contributed by atoms with E-state index in [1.165, 1.54) is 12.1 Å². The molecule has 1 fully saturated rings. The predicted molar refractivity (Wildman–Crippen MR) is 77.1 cm³/mol. The van der Waals surface area contributed by atoms with Gasteiger partial charge in [0.1, 0.15) is 0 Å². The van der Waals surface area contributed by atoms with Crippen LogP contribution in [0.25, 0.3) is 0 Å². The monoisotopic (exact) mass is 312 g/mol. The van der Waals surface area contributed by atoms with Crippen LogP contribution in [-0.2, 0) is 9.84 Å². The van der Waals surface area contributed by atoms with Crippen molar-refractivity contribution in [3.05, 3.63) is 28.7 Å². The fourth-order valence-electron chi connectivity index (χ4n) is 2.42. The Balaban J connectivity index is 2.49. The molecule has 0 aliphatic carbocycles. The number of piperidine rings is 1. The van der Waals surface area contributed by atoms with Crippen molar-refractivity contribution < 1.29 is 18.3 Å². The van der Waals surface area contributed by atoms with Crippen LogP contribution in [0, 0.1) is 4.91 Å². The zero-order valence-corrected chi connectivity index (χ0v) is 12.3. The fourth-order valence-corrected chi connectivity index (χ4v) is 3.06. The molecule has 1 N–H and O–H groups in total. The number of nitroso groups, excluding NO2 is 1. The van der Waals surface area contributed by atoms with Gasteiger partial charge in [-0.1, -0.05) is 0 Å². The van der Waals surface area contributed by atoms with Gasteiger partial charge in [-0.05, 0) is 31.0 Å². The number of hydrogen-bond acceptors (Lipinski definition) is 6. The molecule has 1 amide bonds. The van der Waals surface area contributed by atoms with Crippen molar-refractivity contribution >= 4 is 21.4 Å². The Morgan fingerprint density at radius 3 is 2.71 bits per heavy atom. The number of anilines is 1. The first-order valence-corrected chi connectivity index (χ1v) is 8.37. The third-order valence-electron chi connectivity index (χ3n) is 3.45. The van der Waals surface area contributed by atoms with Gasteiger partial charge in [-0.2, -0.15) is 0 Å². The minimum absolute atomic E-state index is 0.0455. The SMILES string of the molecule is CS(=O)(=O)c1ccc(N2CCCC(O)C2)c(C(=O)N=O)c1. The molecule has 0 saturated carbocycles. The van der Waals surface area contributed by atoms with Gasteiger partial charge in [-0.15, -0.1) is 4.91 Å². The van der Waals surface area contributed by atoms with Gasteiger partial charge in [0.2, 0.25) is 0 Å². The number of rotatable bonds is 3. The average Bonchev–Trinajstić information content (AvgIpc) is 2.45. The van der Waals surface area contributed by atoms with E-state index in [9.17, 15) is 23.2 Å². The minimum atomic E-state index is -3.49. The molecule has 1 aromatic carbocycles. The summed E-state index contributed by atoms with van der Waals surface area (Å²) in [5.74, 6) is -1.02. The quantitative estimate of drug-likeness (QED) is 0.834. The number of hydrogen-bond donors (Lipinski definition) is 1. The molecule has 1 saturated heterocycles. The molecule has 2 rings (SSSR count). The van der Waals surface area contributed by atoms with Gasteiger partial charge in [0.05, 0.1) is 16.6 Å². The Bertz CT molecular complexity index is 671. The molecule has 0 aromatic heterocycles. The number of amides is 1. The first-order valence-electron chi connectivity index (χ1n) is 6.47. The zero-order chi connectivity index (χ0) is 15.6. The number of aliphatic hydroxyl groups excluding tert-OH is 1. The van der Waals surface area contributed by atoms with Crippen LogP contribution < -0.4 is 4.90 Å². The summed E-state index contributed by atoms with van der Waals surface area (Å²) in [6.45, 7) is 0.950. The van der Waals surface area contributed by atoms with Crippen molar-refractivity contribution in [1.82, 2.24) is 0 Å². The van der Waals surface area contributed by atoms with Crippen molar-refractivity contribution in [1.29, 1.82) is 0 Å². The van der Waals surface area contributed by atoms with Crippen LogP contribution >= 0.6 is 0 Å². The lowest BCUT2D eigenvalue weighted by Crippen LogP contribution is -2.39. The first-order chi connectivity index (χ1) is 9.82. The summed E-state index contributed by atoms with van der Waals surface area (Å²) in [5, 5.41) is 12.1. The molecule has 1 aliphatic rings. The lowest BCUT2D eigenvalue weighted by atomic mass is 10.0. The van der Waals surface area contributed by atoms with Gasteiger partial charge < -0.3 is 10.0 Å². The van der Waals surface area contributed by atoms with Crippen LogP contribution in [0.1, 0.15) is 23.2 Å². The Morgan fingerprint density at radius 2 is 2.14 bits per heavy atom. The Kier molecular flexibility index (Phi) is 4.38. The van der Waals surface area contributed by atoms with E-state index in [2.05, 4.69) is 5.18 Å². The maximum Gasteiger partial charge on any atom is 0.318 e. The van der Waals surface area contributed by atoms with Crippen LogP contribution in [0.2, 0.25) is 0 Å². The number of carbonyl (C=O) groups excluding carboxylic acids is 1. The second kappa shape index (κ2) is 5.90. The molecule has 1 aliphatic heterocycles. The summed E-state index contributed by atoms with van der Waals surface area (Å²) in [6, 6.07) is 4.02. The van der Waals surface area contributed by atoms with Crippen LogP contribution in [0.5, 0.6) is 0 Å². The summed E-state index contributed by atoms with van der Waals surface area (Å²) in [5.41, 5.74) is 0.368. The van der Waals surface area contributed by atoms with Crippen molar-refractivity contribution in [2.24, 2.45) is 5.18 Å². The summed E-state index contributed by atoms with van der Waals surface area (Å²) in [6.07, 6.45) is 1.93. The van der Waals surface area contributed by atoms with E-state index >= 15 is 0 Å². The molecule has 1 atom stereocenters. The molecule has 0 spiro atoms. The maximum absolute atomic E-state index is 11.7. The van der Waals surface area contributed by atoms with Crippen molar-refractivity contribution in [2.75, 3.05) is 24.2 Å². The smallest absolute Gasteiger partial charge is 0.318 e. The van der Waals surface area contributed by atoms with E-state index < -0.39 is 21.8 Å². The highest BCUT2D eigenvalue weighted by Gasteiger charge is 2.24. The number of carbonyl (C=O) groups is 1. The Labute approximate surface area is 122 Å². The van der Waals surface area contributed by atoms with Crippen LogP contribution in [0.15, 0.2) is 28.3 Å². The lowest BCUT2D eigenvalue weighted by molar-refractivity contribution is 0.1000. The summed E-state index contributed by atoms with van der Waals surface area (Å²) in [4.78, 5) is 23.9. The predicted octanol–water partition coefficient (Wildman–Crippen LogP) is 0.958. The number of nitrogens with zero attached hydrogens (tertiary/aromatic N) is 2. The molecule has 7 nitrogen and oxygen atoms in total. The number of β-amino-alcohol motifs (C(OH)–C–C–N with tert-alkyl or cyclic N) is 1. The minimum Gasteiger partial charge on any atom is -0.391 e. The van der Waals surface area contributed by atoms with Crippen molar-refractivity contribution in [3.8, 4) is 0 Å². The molecule has 8 heteroatoms. The van der Waals surface area contributed by atoms with Gasteiger partial charge >= 0.3 is 5.91 Å². The fraction of sp³-hybridized carbons (Fsp3) is 0.462. The van der Waals surface area contributed by atoms with E-state index in [1.807, 2.05) is 0 Å². The third kappa shape index (κ3) is 3.45. The van der Waals surface area contributed by atoms with Crippen LogP contribution in [0.3, 0.4) is 0 Å². The second-order valence-corrected chi connectivity index (χ2v) is 7.11. The molecule has 0 radical (unpaired) electrons. The molecular formula is C13H16N2O5S. The summed E-state index contributed by atoms with van der Waals surface area (Å²) < 4.78 is 23.1. The van der Waals surface area contributed by atoms with Crippen LogP contribution in [0.4, 0.5) is 5.69 Å². The zero-order valence-electron chi connectivity index (χ0n) is 11.5. The van der Waals surface area contributed by atoms with E-state index in [1.54, 1.807) is 4.90 Å². The van der Waals surface area contributed by atoms with Gasteiger partial charge in [0.25, 0.3) is 0 Å². The summed E-state index contributed by atoms with van der Waals surface area (Å²) in [7, 11) is -3.49. The molecule has 1 heterocycles. The van der Waals surface area contributed by atoms with Crippen molar-refractivity contribution in [3.63, 3.8) is 0 Å². The average molecular weight is 312 g/mol. The maximum atomic E-state index is 11.7. The number of benzene rings is 1. The normalized spacial score (nSPS) is 19.3. The van der Waals surface area contributed by atoms with E-state index in [0.29, 0.717) is 25.2 Å². The molecule has 1 aromatic rings. The number of aliphatic hydroxyl groups is 1. The highest BCUT2D eigenvalue weighted by molar-refractivity contribution is 7.90. The van der Waals surface area contributed by atoms with Gasteiger partial charge in [-0.25, -0.2) is 8.42 Å². The molecular weight excluding hydrogens is 296 g/mol. The standard InChI is InChI=1S/C13H16N2O5S/c1-21(19,20)10-4-5-12(11(7-10)13(17)14-18)15-6-2-3-9(16)8-15/h4-5,7,9,16H,2-3,6,8H2,1H3. The molecule has 114 valence electrons. The highest BCUT2D eigenvalue weighted by Crippen LogP contribution is 2.27. The van der Waals surface area contributed by atoms with Crippen LogP contribution in [-0.4, -0.2) is 44.9 Å². The number of sulfone groups is 1. The van der Waals surface area contributed by atoms with E-state index in [4.69, 9.17) is 0 Å². The topological polar surface area (TPSA) is 104 Å². The first kappa shape index (κ1) is 15.6. The van der Waals surface area contributed by atoms with E-state index in [-0.39, 0.29) is 10.5 Å². The van der Waals surface area contributed by atoms with Gasteiger partial charge in [0, 0.05) is 30.2 Å². The largest absolute Gasteiger partial charge is 0.391 e. The molecule has 21 heavy (non-hydrogen) atoms. The van der Waals surface area contributed by atoms with Gasteiger partial charge in [-0.3, -0.25) is 4.79 Å². The summed E-state index contributed by atoms with van der Waals surface area (Å²) >= 11 is 0.